The van der Waals surface area contributed by atoms with E-state index in [1.54, 1.807) is 0 Å². The highest BCUT2D eigenvalue weighted by Gasteiger charge is 2.37. The fraction of sp³-hybridized carbons (Fsp3) is 0.667. The summed E-state index contributed by atoms with van der Waals surface area (Å²) in [6.07, 6.45) is 8.77. The van der Waals surface area contributed by atoms with E-state index < -0.39 is 0 Å². The maximum absolute atomic E-state index is 10.2. The second-order valence-electron chi connectivity index (χ2n) is 5.75. The van der Waals surface area contributed by atoms with Crippen LogP contribution in [-0.2, 0) is 0 Å². The number of pyridine rings is 1. The minimum atomic E-state index is -0.110. The molecule has 0 radical (unpaired) electrons. The van der Waals surface area contributed by atoms with Crippen LogP contribution in [0.5, 0.6) is 0 Å². The molecule has 4 heteroatoms. The molecule has 0 aromatic carbocycles. The van der Waals surface area contributed by atoms with E-state index in [0.717, 1.165) is 23.3 Å². The van der Waals surface area contributed by atoms with E-state index in [-0.39, 0.29) is 6.10 Å². The maximum atomic E-state index is 10.2. The molecule has 1 saturated carbocycles. The largest absolute Gasteiger partial charge is 0.393 e. The van der Waals surface area contributed by atoms with Crippen LogP contribution < -0.4 is 4.90 Å². The third-order valence-corrected chi connectivity index (χ3v) is 5.05. The zero-order valence-corrected chi connectivity index (χ0v) is 12.7. The highest BCUT2D eigenvalue weighted by Crippen LogP contribution is 2.36. The smallest absolute Gasteiger partial charge is 0.128 e. The first-order valence-corrected chi connectivity index (χ1v) is 8.11. The standard InChI is InChI=1S/C15H21BrN2O/c16-11-7-8-15(17-10-11)18-9-2-1-5-13(18)12-4-3-6-14(12)19/h7-8,10,12-14,19H,1-6,9H2. The van der Waals surface area contributed by atoms with Crippen molar-refractivity contribution in [2.45, 2.75) is 50.7 Å². The minimum absolute atomic E-state index is 0.110. The number of aliphatic hydroxyl groups is 1. The molecule has 3 nitrogen and oxygen atoms in total. The molecule has 0 bridgehead atoms. The molecule has 0 spiro atoms. The van der Waals surface area contributed by atoms with E-state index in [0.29, 0.717) is 12.0 Å². The van der Waals surface area contributed by atoms with E-state index in [1.807, 2.05) is 6.20 Å². The Labute approximate surface area is 123 Å². The molecule has 3 rings (SSSR count). The van der Waals surface area contributed by atoms with Gasteiger partial charge in [-0.1, -0.05) is 6.42 Å². The third kappa shape index (κ3) is 2.79. The number of aromatic nitrogens is 1. The number of piperidine rings is 1. The zero-order valence-electron chi connectivity index (χ0n) is 11.1. The highest BCUT2D eigenvalue weighted by molar-refractivity contribution is 9.10. The van der Waals surface area contributed by atoms with Gasteiger partial charge in [0.25, 0.3) is 0 Å². The van der Waals surface area contributed by atoms with Gasteiger partial charge in [0.15, 0.2) is 0 Å². The first kappa shape index (κ1) is 13.4. The molecule has 2 fully saturated rings. The fourth-order valence-corrected chi connectivity index (χ4v) is 3.88. The number of aliphatic hydroxyl groups excluding tert-OH is 1. The summed E-state index contributed by atoms with van der Waals surface area (Å²) in [4.78, 5) is 6.97. The normalized spacial score (nSPS) is 31.7. The molecule has 104 valence electrons. The summed E-state index contributed by atoms with van der Waals surface area (Å²) < 4.78 is 1.02. The predicted octanol–water partition coefficient (Wildman–Crippen LogP) is 3.36. The van der Waals surface area contributed by atoms with E-state index in [1.165, 1.54) is 32.1 Å². The Morgan fingerprint density at radius 1 is 1.16 bits per heavy atom. The topological polar surface area (TPSA) is 36.4 Å². The van der Waals surface area contributed by atoms with Gasteiger partial charge in [0.1, 0.15) is 5.82 Å². The monoisotopic (exact) mass is 324 g/mol. The van der Waals surface area contributed by atoms with Gasteiger partial charge in [-0.25, -0.2) is 4.98 Å². The summed E-state index contributed by atoms with van der Waals surface area (Å²) in [6.45, 7) is 1.07. The lowest BCUT2D eigenvalue weighted by molar-refractivity contribution is 0.110. The molecule has 3 unspecified atom stereocenters. The third-order valence-electron chi connectivity index (χ3n) is 4.58. The van der Waals surface area contributed by atoms with Gasteiger partial charge in [-0.3, -0.25) is 0 Å². The van der Waals surface area contributed by atoms with Gasteiger partial charge in [0.05, 0.1) is 6.10 Å². The molecule has 19 heavy (non-hydrogen) atoms. The molecule has 0 amide bonds. The Balaban J connectivity index is 1.82. The Bertz CT molecular complexity index is 423. The van der Waals surface area contributed by atoms with Crippen LogP contribution in [0, 0.1) is 5.92 Å². The van der Waals surface area contributed by atoms with Crippen LogP contribution >= 0.6 is 15.9 Å². The molecular formula is C15H21BrN2O. The predicted molar refractivity (Wildman–Crippen MR) is 80.3 cm³/mol. The summed E-state index contributed by atoms with van der Waals surface area (Å²) in [5, 5.41) is 10.2. The van der Waals surface area contributed by atoms with Crippen LogP contribution in [0.3, 0.4) is 0 Å². The van der Waals surface area contributed by atoms with Crippen molar-refractivity contribution in [3.63, 3.8) is 0 Å². The summed E-state index contributed by atoms with van der Waals surface area (Å²) in [6, 6.07) is 4.61. The average Bonchev–Trinajstić information content (AvgIpc) is 2.86. The Hall–Kier alpha value is -0.610. The van der Waals surface area contributed by atoms with Crippen molar-refractivity contribution in [2.75, 3.05) is 11.4 Å². The van der Waals surface area contributed by atoms with Crippen LogP contribution in [0.4, 0.5) is 5.82 Å². The van der Waals surface area contributed by atoms with Gasteiger partial charge < -0.3 is 10.0 Å². The quantitative estimate of drug-likeness (QED) is 0.906. The van der Waals surface area contributed by atoms with E-state index >= 15 is 0 Å². The number of hydrogen-bond acceptors (Lipinski definition) is 3. The van der Waals surface area contributed by atoms with Crippen molar-refractivity contribution < 1.29 is 5.11 Å². The minimum Gasteiger partial charge on any atom is -0.393 e. The van der Waals surface area contributed by atoms with Crippen LogP contribution in [-0.4, -0.2) is 28.8 Å². The second-order valence-corrected chi connectivity index (χ2v) is 6.67. The van der Waals surface area contributed by atoms with Crippen LogP contribution in [0.15, 0.2) is 22.8 Å². The number of hydrogen-bond donors (Lipinski definition) is 1. The van der Waals surface area contributed by atoms with E-state index in [2.05, 4.69) is 37.9 Å². The van der Waals surface area contributed by atoms with Gasteiger partial charge in [0, 0.05) is 29.2 Å². The zero-order chi connectivity index (χ0) is 13.2. The van der Waals surface area contributed by atoms with Crippen molar-refractivity contribution in [1.29, 1.82) is 0 Å². The number of rotatable bonds is 2. The molecule has 2 heterocycles. The number of anilines is 1. The van der Waals surface area contributed by atoms with Crippen LogP contribution in [0.1, 0.15) is 38.5 Å². The number of nitrogens with zero attached hydrogens (tertiary/aromatic N) is 2. The van der Waals surface area contributed by atoms with Crippen molar-refractivity contribution in [1.82, 2.24) is 4.98 Å². The lowest BCUT2D eigenvalue weighted by Gasteiger charge is -2.41. The van der Waals surface area contributed by atoms with Crippen molar-refractivity contribution >= 4 is 21.7 Å². The van der Waals surface area contributed by atoms with Crippen molar-refractivity contribution in [2.24, 2.45) is 5.92 Å². The Morgan fingerprint density at radius 3 is 2.74 bits per heavy atom. The number of halogens is 1. The maximum Gasteiger partial charge on any atom is 0.128 e. The van der Waals surface area contributed by atoms with Gasteiger partial charge in [-0.2, -0.15) is 0 Å². The summed E-state index contributed by atoms with van der Waals surface area (Å²) in [5.41, 5.74) is 0. The lowest BCUT2D eigenvalue weighted by atomic mass is 9.88. The van der Waals surface area contributed by atoms with Crippen LogP contribution in [0.25, 0.3) is 0 Å². The molecule has 1 saturated heterocycles. The average molecular weight is 325 g/mol. The molecule has 2 aliphatic rings. The summed E-state index contributed by atoms with van der Waals surface area (Å²) >= 11 is 3.44. The van der Waals surface area contributed by atoms with Crippen molar-refractivity contribution in [3.05, 3.63) is 22.8 Å². The second kappa shape index (κ2) is 5.80. The van der Waals surface area contributed by atoms with E-state index in [4.69, 9.17) is 0 Å². The van der Waals surface area contributed by atoms with Gasteiger partial charge in [0.2, 0.25) is 0 Å². The molecule has 1 N–H and O–H groups in total. The SMILES string of the molecule is OC1CCCC1C1CCCCN1c1ccc(Br)cn1. The first-order valence-electron chi connectivity index (χ1n) is 7.32. The fourth-order valence-electron chi connectivity index (χ4n) is 3.64. The Kier molecular flexibility index (Phi) is 4.08. The summed E-state index contributed by atoms with van der Waals surface area (Å²) in [5.74, 6) is 1.50. The molecule has 1 aliphatic heterocycles. The molecular weight excluding hydrogens is 304 g/mol. The Morgan fingerprint density at radius 2 is 2.05 bits per heavy atom. The molecule has 1 aromatic heterocycles. The first-order chi connectivity index (χ1) is 9.25. The van der Waals surface area contributed by atoms with E-state index in [9.17, 15) is 5.11 Å². The molecule has 1 aromatic rings. The highest BCUT2D eigenvalue weighted by atomic mass is 79.9. The lowest BCUT2D eigenvalue weighted by Crippen LogP contribution is -2.46. The molecule has 3 atom stereocenters. The molecule has 1 aliphatic carbocycles. The summed E-state index contributed by atoms with van der Waals surface area (Å²) in [7, 11) is 0. The van der Waals surface area contributed by atoms with Gasteiger partial charge >= 0.3 is 0 Å². The van der Waals surface area contributed by atoms with Crippen LogP contribution in [0.2, 0.25) is 0 Å². The van der Waals surface area contributed by atoms with Gasteiger partial charge in [-0.15, -0.1) is 0 Å². The van der Waals surface area contributed by atoms with Crippen molar-refractivity contribution in [3.8, 4) is 0 Å². The van der Waals surface area contributed by atoms with Gasteiger partial charge in [-0.05, 0) is 60.2 Å².